The van der Waals surface area contributed by atoms with Crippen molar-refractivity contribution in [1.29, 1.82) is 0 Å². The van der Waals surface area contributed by atoms with Gasteiger partial charge in [0.25, 0.3) is 0 Å². The first-order valence-electron chi connectivity index (χ1n) is 5.78. The number of rotatable bonds is 4. The molecule has 0 aliphatic carbocycles. The summed E-state index contributed by atoms with van der Waals surface area (Å²) >= 11 is 3.37. The monoisotopic (exact) mass is 324 g/mol. The van der Waals surface area contributed by atoms with Gasteiger partial charge in [-0.2, -0.15) is 0 Å². The number of benzene rings is 1. The van der Waals surface area contributed by atoms with Crippen molar-refractivity contribution < 1.29 is 9.13 Å². The lowest BCUT2D eigenvalue weighted by Crippen LogP contribution is -2.13. The molecule has 5 heteroatoms. The van der Waals surface area contributed by atoms with Gasteiger partial charge in [0.2, 0.25) is 0 Å². The SMILES string of the molecule is COc1cc(C(N)Cc2cncc(Br)c2)ccc1F. The van der Waals surface area contributed by atoms with E-state index in [9.17, 15) is 4.39 Å². The Morgan fingerprint density at radius 1 is 1.37 bits per heavy atom. The number of halogens is 2. The topological polar surface area (TPSA) is 48.1 Å². The second-order valence-corrected chi connectivity index (χ2v) is 5.13. The third kappa shape index (κ3) is 3.52. The van der Waals surface area contributed by atoms with Gasteiger partial charge in [-0.05, 0) is 51.7 Å². The highest BCUT2D eigenvalue weighted by molar-refractivity contribution is 9.10. The zero-order chi connectivity index (χ0) is 13.8. The predicted molar refractivity (Wildman–Crippen MR) is 75.5 cm³/mol. The Morgan fingerprint density at radius 3 is 2.84 bits per heavy atom. The molecule has 2 N–H and O–H groups in total. The molecule has 0 radical (unpaired) electrons. The smallest absolute Gasteiger partial charge is 0.165 e. The van der Waals surface area contributed by atoms with Crippen molar-refractivity contribution >= 4 is 15.9 Å². The van der Waals surface area contributed by atoms with Crippen LogP contribution in [0.1, 0.15) is 17.2 Å². The summed E-state index contributed by atoms with van der Waals surface area (Å²) in [6.45, 7) is 0. The van der Waals surface area contributed by atoms with E-state index in [0.717, 1.165) is 15.6 Å². The van der Waals surface area contributed by atoms with E-state index in [1.54, 1.807) is 24.5 Å². The van der Waals surface area contributed by atoms with Gasteiger partial charge in [-0.15, -0.1) is 0 Å². The molecule has 1 heterocycles. The van der Waals surface area contributed by atoms with Crippen molar-refractivity contribution in [2.45, 2.75) is 12.5 Å². The number of hydrogen-bond acceptors (Lipinski definition) is 3. The van der Waals surface area contributed by atoms with Crippen LogP contribution < -0.4 is 10.5 Å². The standard InChI is InChI=1S/C14H14BrFN2O/c1-19-14-6-10(2-3-12(14)16)13(17)5-9-4-11(15)8-18-7-9/h2-4,6-8,13H,5,17H2,1H3. The van der Waals surface area contributed by atoms with Crippen molar-refractivity contribution in [3.63, 3.8) is 0 Å². The fraction of sp³-hybridized carbons (Fsp3) is 0.214. The zero-order valence-corrected chi connectivity index (χ0v) is 12.0. The van der Waals surface area contributed by atoms with Crippen LogP contribution in [0.25, 0.3) is 0 Å². The van der Waals surface area contributed by atoms with Gasteiger partial charge in [0.05, 0.1) is 7.11 Å². The summed E-state index contributed by atoms with van der Waals surface area (Å²) in [5.74, 6) is -0.178. The van der Waals surface area contributed by atoms with Crippen LogP contribution >= 0.6 is 15.9 Å². The number of methoxy groups -OCH3 is 1. The molecule has 0 saturated carbocycles. The van der Waals surface area contributed by atoms with Crippen molar-refractivity contribution in [2.75, 3.05) is 7.11 Å². The van der Waals surface area contributed by atoms with E-state index in [1.165, 1.54) is 13.2 Å². The maximum Gasteiger partial charge on any atom is 0.165 e. The number of aromatic nitrogens is 1. The van der Waals surface area contributed by atoms with Crippen molar-refractivity contribution in [2.24, 2.45) is 5.73 Å². The van der Waals surface area contributed by atoms with Crippen LogP contribution in [0.4, 0.5) is 4.39 Å². The van der Waals surface area contributed by atoms with Gasteiger partial charge in [0.1, 0.15) is 0 Å². The summed E-state index contributed by atoms with van der Waals surface area (Å²) in [7, 11) is 1.44. The molecule has 0 fully saturated rings. The van der Waals surface area contributed by atoms with Gasteiger partial charge in [-0.1, -0.05) is 6.07 Å². The van der Waals surface area contributed by atoms with E-state index in [1.807, 2.05) is 6.07 Å². The summed E-state index contributed by atoms with van der Waals surface area (Å²) in [4.78, 5) is 4.09. The van der Waals surface area contributed by atoms with Crippen molar-refractivity contribution in [3.05, 3.63) is 58.1 Å². The number of nitrogens with two attached hydrogens (primary N) is 1. The molecule has 1 aromatic heterocycles. The summed E-state index contributed by atoms with van der Waals surface area (Å²) in [5, 5.41) is 0. The van der Waals surface area contributed by atoms with Crippen LogP contribution in [0.3, 0.4) is 0 Å². The average molecular weight is 325 g/mol. The molecule has 0 saturated heterocycles. The Kier molecular flexibility index (Phi) is 4.50. The molecule has 0 spiro atoms. The highest BCUT2D eigenvalue weighted by atomic mass is 79.9. The maximum absolute atomic E-state index is 13.3. The van der Waals surface area contributed by atoms with E-state index in [2.05, 4.69) is 20.9 Å². The highest BCUT2D eigenvalue weighted by Gasteiger charge is 2.11. The van der Waals surface area contributed by atoms with Gasteiger partial charge in [-0.25, -0.2) is 4.39 Å². The van der Waals surface area contributed by atoms with Gasteiger partial charge >= 0.3 is 0 Å². The van der Waals surface area contributed by atoms with Gasteiger partial charge in [-0.3, -0.25) is 4.98 Å². The fourth-order valence-corrected chi connectivity index (χ4v) is 2.26. The van der Waals surface area contributed by atoms with E-state index in [4.69, 9.17) is 10.5 Å². The van der Waals surface area contributed by atoms with Crippen molar-refractivity contribution in [3.8, 4) is 5.75 Å². The molecule has 0 bridgehead atoms. The molecule has 19 heavy (non-hydrogen) atoms. The number of pyridine rings is 1. The average Bonchev–Trinajstić information content (AvgIpc) is 2.39. The van der Waals surface area contributed by atoms with Gasteiger partial charge in [0.15, 0.2) is 11.6 Å². The number of nitrogens with zero attached hydrogens (tertiary/aromatic N) is 1. The molecule has 1 unspecified atom stereocenters. The first kappa shape index (κ1) is 14.0. The Bertz CT molecular complexity index is 577. The van der Waals surface area contributed by atoms with Crippen LogP contribution in [-0.2, 0) is 6.42 Å². The Balaban J connectivity index is 2.18. The van der Waals surface area contributed by atoms with Crippen LogP contribution in [0.5, 0.6) is 5.75 Å². The van der Waals surface area contributed by atoms with Crippen molar-refractivity contribution in [1.82, 2.24) is 4.98 Å². The summed E-state index contributed by atoms with van der Waals surface area (Å²) in [5.41, 5.74) is 7.98. The van der Waals surface area contributed by atoms with Crippen LogP contribution in [0.2, 0.25) is 0 Å². The number of hydrogen-bond donors (Lipinski definition) is 1. The first-order chi connectivity index (χ1) is 9.10. The molecular weight excluding hydrogens is 311 g/mol. The quantitative estimate of drug-likeness (QED) is 0.939. The highest BCUT2D eigenvalue weighted by Crippen LogP contribution is 2.24. The fourth-order valence-electron chi connectivity index (χ4n) is 1.85. The third-order valence-corrected chi connectivity index (χ3v) is 3.25. The second-order valence-electron chi connectivity index (χ2n) is 4.22. The molecule has 0 aliphatic rings. The molecule has 2 rings (SSSR count). The normalized spacial score (nSPS) is 12.2. The Labute approximate surface area is 119 Å². The molecule has 1 atom stereocenters. The van der Waals surface area contributed by atoms with Crippen LogP contribution in [0, 0.1) is 5.82 Å². The molecule has 1 aromatic carbocycles. The van der Waals surface area contributed by atoms with Crippen LogP contribution in [-0.4, -0.2) is 12.1 Å². The van der Waals surface area contributed by atoms with E-state index in [-0.39, 0.29) is 17.6 Å². The lowest BCUT2D eigenvalue weighted by molar-refractivity contribution is 0.385. The molecule has 0 amide bonds. The van der Waals surface area contributed by atoms with Gasteiger partial charge in [0, 0.05) is 22.9 Å². The maximum atomic E-state index is 13.3. The Hall–Kier alpha value is -1.46. The lowest BCUT2D eigenvalue weighted by atomic mass is 10.0. The minimum atomic E-state index is -0.387. The third-order valence-electron chi connectivity index (χ3n) is 2.82. The molecule has 2 aromatic rings. The predicted octanol–water partition coefficient (Wildman–Crippen LogP) is 3.23. The molecule has 100 valence electrons. The molecule has 3 nitrogen and oxygen atoms in total. The number of ether oxygens (including phenoxy) is 1. The Morgan fingerprint density at radius 2 is 2.16 bits per heavy atom. The first-order valence-corrected chi connectivity index (χ1v) is 6.58. The van der Waals surface area contributed by atoms with Crippen LogP contribution in [0.15, 0.2) is 41.1 Å². The van der Waals surface area contributed by atoms with E-state index >= 15 is 0 Å². The summed E-state index contributed by atoms with van der Waals surface area (Å²) < 4.78 is 19.2. The molecule has 0 aliphatic heterocycles. The minimum Gasteiger partial charge on any atom is -0.494 e. The minimum absolute atomic E-state index is 0.209. The van der Waals surface area contributed by atoms with E-state index in [0.29, 0.717) is 6.42 Å². The van der Waals surface area contributed by atoms with E-state index < -0.39 is 0 Å². The lowest BCUT2D eigenvalue weighted by Gasteiger charge is -2.13. The van der Waals surface area contributed by atoms with Gasteiger partial charge < -0.3 is 10.5 Å². The largest absolute Gasteiger partial charge is 0.494 e. The molecular formula is C14H14BrFN2O. The second kappa shape index (κ2) is 6.12. The summed E-state index contributed by atoms with van der Waals surface area (Å²) in [6.07, 6.45) is 4.11. The zero-order valence-electron chi connectivity index (χ0n) is 10.4. The summed E-state index contributed by atoms with van der Waals surface area (Å²) in [6, 6.07) is 6.41.